The summed E-state index contributed by atoms with van der Waals surface area (Å²) in [5.74, 6) is -0.279. The van der Waals surface area contributed by atoms with Crippen molar-refractivity contribution in [3.8, 4) is 11.5 Å². The fourth-order valence-corrected chi connectivity index (χ4v) is 4.24. The summed E-state index contributed by atoms with van der Waals surface area (Å²) < 4.78 is 98.5. The Morgan fingerprint density at radius 2 is 1.94 bits per heavy atom. The van der Waals surface area contributed by atoms with Crippen LogP contribution in [0.3, 0.4) is 0 Å². The van der Waals surface area contributed by atoms with E-state index in [4.69, 9.17) is 18.9 Å². The molecule has 0 saturated carbocycles. The van der Waals surface area contributed by atoms with Crippen LogP contribution in [-0.4, -0.2) is 61.7 Å². The van der Waals surface area contributed by atoms with Gasteiger partial charge in [-0.15, -0.1) is 0 Å². The summed E-state index contributed by atoms with van der Waals surface area (Å²) in [6.07, 6.45) is -9.61. The summed E-state index contributed by atoms with van der Waals surface area (Å²) in [6.45, 7) is -0.599. The second-order valence-electron chi connectivity index (χ2n) is 8.31. The lowest BCUT2D eigenvalue weighted by atomic mass is 9.84. The lowest BCUT2D eigenvalue weighted by Crippen LogP contribution is -2.54. The van der Waals surface area contributed by atoms with Crippen molar-refractivity contribution in [3.63, 3.8) is 0 Å². The lowest BCUT2D eigenvalue weighted by Gasteiger charge is -2.41. The Morgan fingerprint density at radius 3 is 2.64 bits per heavy atom. The Labute approximate surface area is 201 Å². The van der Waals surface area contributed by atoms with Crippen molar-refractivity contribution in [1.29, 1.82) is 0 Å². The number of hydrogen-bond donors (Lipinski definition) is 0. The van der Waals surface area contributed by atoms with Gasteiger partial charge >= 0.3 is 12.4 Å². The van der Waals surface area contributed by atoms with Gasteiger partial charge in [0, 0.05) is 24.7 Å². The molecule has 0 unspecified atom stereocenters. The van der Waals surface area contributed by atoms with Gasteiger partial charge in [-0.05, 0) is 30.3 Å². The summed E-state index contributed by atoms with van der Waals surface area (Å²) in [5.41, 5.74) is -1.82. The molecule has 0 spiro atoms. The van der Waals surface area contributed by atoms with Gasteiger partial charge in [-0.3, -0.25) is 9.78 Å². The molecular formula is C23H22F6N2O5. The van der Waals surface area contributed by atoms with Gasteiger partial charge in [-0.1, -0.05) is 0 Å². The average molecular weight is 520 g/mol. The molecule has 4 rings (SSSR count). The van der Waals surface area contributed by atoms with Crippen LogP contribution in [0.25, 0.3) is 0 Å². The Morgan fingerprint density at radius 1 is 1.17 bits per heavy atom. The highest BCUT2D eigenvalue weighted by Gasteiger charge is 2.52. The highest BCUT2D eigenvalue weighted by Crippen LogP contribution is 2.43. The molecule has 0 aliphatic carbocycles. The van der Waals surface area contributed by atoms with E-state index in [0.717, 1.165) is 18.3 Å². The number of carbonyl (C=O) groups excluding carboxylic acids is 1. The molecule has 196 valence electrons. The van der Waals surface area contributed by atoms with E-state index in [1.807, 2.05) is 0 Å². The summed E-state index contributed by atoms with van der Waals surface area (Å²) in [4.78, 5) is 18.7. The van der Waals surface area contributed by atoms with Gasteiger partial charge in [-0.2, -0.15) is 26.3 Å². The predicted octanol–water partition coefficient (Wildman–Crippen LogP) is 4.55. The van der Waals surface area contributed by atoms with Crippen molar-refractivity contribution in [3.05, 3.63) is 53.3 Å². The molecule has 2 aromatic rings. The van der Waals surface area contributed by atoms with Crippen molar-refractivity contribution in [2.24, 2.45) is 0 Å². The molecule has 2 saturated heterocycles. The monoisotopic (exact) mass is 520 g/mol. The van der Waals surface area contributed by atoms with Gasteiger partial charge in [0.15, 0.2) is 11.5 Å². The normalized spacial score (nSPS) is 22.3. The number of nitrogens with zero attached hydrogens (tertiary/aromatic N) is 2. The maximum absolute atomic E-state index is 13.2. The number of carbonyl (C=O) groups is 1. The lowest BCUT2D eigenvalue weighted by molar-refractivity contribution is -0.140. The number of alkyl halides is 6. The van der Waals surface area contributed by atoms with Crippen LogP contribution < -0.4 is 9.47 Å². The number of benzene rings is 1. The molecular weight excluding hydrogens is 498 g/mol. The van der Waals surface area contributed by atoms with Gasteiger partial charge in [-0.25, -0.2) is 0 Å². The molecule has 1 aromatic heterocycles. The van der Waals surface area contributed by atoms with E-state index in [-0.39, 0.29) is 49.1 Å². The zero-order valence-corrected chi connectivity index (χ0v) is 19.0. The van der Waals surface area contributed by atoms with Crippen molar-refractivity contribution in [1.82, 2.24) is 9.88 Å². The molecule has 7 nitrogen and oxygen atoms in total. The number of ether oxygens (including phenoxy) is 4. The van der Waals surface area contributed by atoms with E-state index >= 15 is 0 Å². The molecule has 3 heterocycles. The van der Waals surface area contributed by atoms with Gasteiger partial charge < -0.3 is 23.8 Å². The van der Waals surface area contributed by atoms with Crippen LogP contribution in [0.2, 0.25) is 0 Å². The molecule has 1 amide bonds. The van der Waals surface area contributed by atoms with Crippen molar-refractivity contribution < 1.29 is 50.1 Å². The second kappa shape index (κ2) is 9.77. The maximum atomic E-state index is 13.2. The highest BCUT2D eigenvalue weighted by atomic mass is 19.4. The fourth-order valence-electron chi connectivity index (χ4n) is 4.24. The van der Waals surface area contributed by atoms with Gasteiger partial charge in [0.05, 0.1) is 37.9 Å². The maximum Gasteiger partial charge on any atom is 0.416 e. The van der Waals surface area contributed by atoms with Crippen molar-refractivity contribution >= 4 is 5.91 Å². The smallest absolute Gasteiger partial charge is 0.416 e. The van der Waals surface area contributed by atoms with E-state index < -0.39 is 48.6 Å². The minimum absolute atomic E-state index is 0.0307. The minimum atomic E-state index is -4.55. The van der Waals surface area contributed by atoms with Crippen LogP contribution in [0.15, 0.2) is 36.5 Å². The Kier molecular flexibility index (Phi) is 7.06. The van der Waals surface area contributed by atoms with E-state index in [0.29, 0.717) is 0 Å². The fraction of sp³-hybridized carbons (Fsp3) is 0.478. The third kappa shape index (κ3) is 5.36. The average Bonchev–Trinajstić information content (AvgIpc) is 3.27. The van der Waals surface area contributed by atoms with Crippen molar-refractivity contribution in [2.75, 3.05) is 33.6 Å². The van der Waals surface area contributed by atoms with Crippen LogP contribution in [0.4, 0.5) is 26.3 Å². The van der Waals surface area contributed by atoms with E-state index in [1.165, 1.54) is 30.2 Å². The molecule has 2 fully saturated rings. The molecule has 0 N–H and O–H groups in total. The first-order valence-electron chi connectivity index (χ1n) is 10.9. The summed E-state index contributed by atoms with van der Waals surface area (Å²) >= 11 is 0. The molecule has 1 aromatic carbocycles. The molecule has 36 heavy (non-hydrogen) atoms. The number of likely N-dealkylation sites (tertiary alicyclic amines) is 1. The van der Waals surface area contributed by atoms with E-state index in [1.54, 1.807) is 0 Å². The minimum Gasteiger partial charge on any atom is -0.493 e. The summed E-state index contributed by atoms with van der Waals surface area (Å²) in [7, 11) is 1.29. The summed E-state index contributed by atoms with van der Waals surface area (Å²) in [5, 5.41) is 0. The van der Waals surface area contributed by atoms with Crippen molar-refractivity contribution in [2.45, 2.75) is 36.9 Å². The molecule has 2 atom stereocenters. The number of amides is 1. The van der Waals surface area contributed by atoms with Crippen LogP contribution in [0.1, 0.15) is 34.5 Å². The third-order valence-corrected chi connectivity index (χ3v) is 6.11. The first-order valence-corrected chi connectivity index (χ1v) is 10.9. The zero-order chi connectivity index (χ0) is 26.1. The topological polar surface area (TPSA) is 70.1 Å². The van der Waals surface area contributed by atoms with Gasteiger partial charge in [0.1, 0.15) is 18.5 Å². The Hall–Kier alpha value is -3.06. The SMILES string of the molecule is COc1cc(C(=O)N2CC[C@]3(c4cc(C(F)(F)F)ccn4)OCO[C@@H]3C2)ccc1OCCC(F)(F)F. The molecule has 13 heteroatoms. The van der Waals surface area contributed by atoms with E-state index in [2.05, 4.69) is 4.98 Å². The zero-order valence-electron chi connectivity index (χ0n) is 19.0. The number of aromatic nitrogens is 1. The number of hydrogen-bond acceptors (Lipinski definition) is 6. The largest absolute Gasteiger partial charge is 0.493 e. The molecule has 2 aliphatic rings. The van der Waals surface area contributed by atoms with Crippen LogP contribution >= 0.6 is 0 Å². The highest BCUT2D eigenvalue weighted by molar-refractivity contribution is 5.95. The standard InChI is InChI=1S/C23H22F6N2O5/c1-33-17-10-14(2-3-16(17)34-9-6-22(24,25)26)20(32)31-8-5-21(19(12-31)35-13-36-21)18-11-15(4-7-30-18)23(27,28)29/h2-4,7,10-11,19H,5-6,8-9,12-13H2,1H3/t19-,21-/m1/s1. The predicted molar refractivity (Wildman–Crippen MR) is 111 cm³/mol. The second-order valence-corrected chi connectivity index (χ2v) is 8.31. The van der Waals surface area contributed by atoms with Gasteiger partial charge in [0.25, 0.3) is 5.91 Å². The quantitative estimate of drug-likeness (QED) is 0.521. The Bertz CT molecular complexity index is 1110. The van der Waals surface area contributed by atoms with Gasteiger partial charge in [0.2, 0.25) is 0 Å². The Balaban J connectivity index is 1.49. The molecule has 2 aliphatic heterocycles. The first-order chi connectivity index (χ1) is 16.9. The number of piperidine rings is 1. The van der Waals surface area contributed by atoms with E-state index in [9.17, 15) is 31.1 Å². The third-order valence-electron chi connectivity index (χ3n) is 6.11. The number of rotatable bonds is 6. The number of methoxy groups -OCH3 is 1. The number of halogens is 6. The van der Waals surface area contributed by atoms with Crippen LogP contribution in [0, 0.1) is 0 Å². The number of fused-ring (bicyclic) bond motifs is 1. The molecule has 0 radical (unpaired) electrons. The van der Waals surface area contributed by atoms with Crippen LogP contribution in [0.5, 0.6) is 11.5 Å². The van der Waals surface area contributed by atoms with Crippen LogP contribution in [-0.2, 0) is 21.3 Å². The number of pyridine rings is 1. The first kappa shape index (κ1) is 26.0. The molecule has 0 bridgehead atoms. The summed E-state index contributed by atoms with van der Waals surface area (Å²) in [6, 6.07) is 5.90.